The first-order valence-electron chi connectivity index (χ1n) is 8.79. The summed E-state index contributed by atoms with van der Waals surface area (Å²) in [5, 5.41) is 3.67. The molecule has 1 N–H and O–H groups in total. The van der Waals surface area contributed by atoms with Crippen LogP contribution in [-0.4, -0.2) is 48.8 Å². The Balaban J connectivity index is 1.46. The van der Waals surface area contributed by atoms with Crippen LogP contribution in [0.4, 0.5) is 0 Å². The molecule has 3 nitrogen and oxygen atoms in total. The number of piperazine rings is 1. The van der Waals surface area contributed by atoms with E-state index in [4.69, 9.17) is 4.74 Å². The van der Waals surface area contributed by atoms with Gasteiger partial charge in [-0.2, -0.15) is 0 Å². The highest BCUT2D eigenvalue weighted by molar-refractivity contribution is 4.94. The predicted molar refractivity (Wildman–Crippen MR) is 83.0 cm³/mol. The van der Waals surface area contributed by atoms with Crippen molar-refractivity contribution in [2.24, 2.45) is 5.92 Å². The molecule has 0 bridgehead atoms. The van der Waals surface area contributed by atoms with E-state index in [1.807, 2.05) is 0 Å². The molecule has 1 aliphatic carbocycles. The van der Waals surface area contributed by atoms with Crippen molar-refractivity contribution in [3.8, 4) is 0 Å². The van der Waals surface area contributed by atoms with Crippen LogP contribution < -0.4 is 5.32 Å². The maximum atomic E-state index is 6.47. The lowest BCUT2D eigenvalue weighted by atomic mass is 9.98. The van der Waals surface area contributed by atoms with Crippen LogP contribution in [0, 0.1) is 5.92 Å². The molecule has 116 valence electrons. The summed E-state index contributed by atoms with van der Waals surface area (Å²) < 4.78 is 6.47. The van der Waals surface area contributed by atoms with Gasteiger partial charge in [0, 0.05) is 32.2 Å². The number of rotatable bonds is 4. The van der Waals surface area contributed by atoms with E-state index >= 15 is 0 Å². The van der Waals surface area contributed by atoms with Crippen molar-refractivity contribution in [3.05, 3.63) is 0 Å². The van der Waals surface area contributed by atoms with E-state index in [-0.39, 0.29) is 0 Å². The number of ether oxygens (including phenoxy) is 1. The first-order chi connectivity index (χ1) is 9.65. The molecular weight excluding hydrogens is 248 g/mol. The summed E-state index contributed by atoms with van der Waals surface area (Å²) in [6, 6.07) is 0.686. The maximum Gasteiger partial charge on any atom is 0.0710 e. The Labute approximate surface area is 124 Å². The topological polar surface area (TPSA) is 24.5 Å². The van der Waals surface area contributed by atoms with Gasteiger partial charge >= 0.3 is 0 Å². The molecule has 0 amide bonds. The molecule has 2 unspecified atom stereocenters. The fraction of sp³-hybridized carbons (Fsp3) is 1.00. The van der Waals surface area contributed by atoms with Gasteiger partial charge in [0.05, 0.1) is 11.7 Å². The fourth-order valence-corrected chi connectivity index (χ4v) is 4.49. The van der Waals surface area contributed by atoms with Gasteiger partial charge in [-0.05, 0) is 38.0 Å². The number of hydrogen-bond acceptors (Lipinski definition) is 3. The highest BCUT2D eigenvalue weighted by Crippen LogP contribution is 2.43. The summed E-state index contributed by atoms with van der Waals surface area (Å²) in [5.74, 6) is 0.789. The van der Waals surface area contributed by atoms with Crippen molar-refractivity contribution < 1.29 is 4.74 Å². The van der Waals surface area contributed by atoms with Gasteiger partial charge in [0.1, 0.15) is 0 Å². The second kappa shape index (κ2) is 6.33. The Hall–Kier alpha value is -0.120. The van der Waals surface area contributed by atoms with Crippen LogP contribution in [0.1, 0.15) is 58.8 Å². The van der Waals surface area contributed by atoms with Gasteiger partial charge in [-0.1, -0.05) is 26.7 Å². The van der Waals surface area contributed by atoms with Crippen LogP contribution in [0.3, 0.4) is 0 Å². The summed E-state index contributed by atoms with van der Waals surface area (Å²) in [4.78, 5) is 2.64. The molecule has 0 aromatic heterocycles. The minimum absolute atomic E-state index is 0.302. The normalized spacial score (nSPS) is 34.4. The van der Waals surface area contributed by atoms with E-state index in [0.29, 0.717) is 17.7 Å². The summed E-state index contributed by atoms with van der Waals surface area (Å²) >= 11 is 0. The summed E-state index contributed by atoms with van der Waals surface area (Å²) in [7, 11) is 0. The summed E-state index contributed by atoms with van der Waals surface area (Å²) in [5.41, 5.74) is 0.302. The average molecular weight is 280 g/mol. The SMILES string of the molecule is CC(C)CC1CN(CC2CCC3(CCCC3)O2)CCN1. The van der Waals surface area contributed by atoms with Crippen LogP contribution in [0.25, 0.3) is 0 Å². The van der Waals surface area contributed by atoms with Gasteiger partial charge in [-0.15, -0.1) is 0 Å². The lowest BCUT2D eigenvalue weighted by Crippen LogP contribution is -2.52. The molecule has 0 radical (unpaired) electrons. The van der Waals surface area contributed by atoms with E-state index in [1.165, 1.54) is 58.0 Å². The van der Waals surface area contributed by atoms with Gasteiger partial charge in [0.2, 0.25) is 0 Å². The third-order valence-electron chi connectivity index (χ3n) is 5.41. The molecule has 20 heavy (non-hydrogen) atoms. The van der Waals surface area contributed by atoms with E-state index in [9.17, 15) is 0 Å². The van der Waals surface area contributed by atoms with Gasteiger partial charge in [-0.3, -0.25) is 4.90 Å². The minimum Gasteiger partial charge on any atom is -0.370 e. The van der Waals surface area contributed by atoms with E-state index < -0.39 is 0 Å². The number of nitrogens with zero attached hydrogens (tertiary/aromatic N) is 1. The van der Waals surface area contributed by atoms with Crippen LogP contribution in [0.5, 0.6) is 0 Å². The Morgan fingerprint density at radius 2 is 2.05 bits per heavy atom. The second-order valence-corrected chi connectivity index (χ2v) is 7.71. The molecule has 2 atom stereocenters. The largest absolute Gasteiger partial charge is 0.370 e. The zero-order valence-electron chi connectivity index (χ0n) is 13.4. The van der Waals surface area contributed by atoms with Crippen LogP contribution in [0.2, 0.25) is 0 Å². The Morgan fingerprint density at radius 1 is 1.25 bits per heavy atom. The summed E-state index contributed by atoms with van der Waals surface area (Å²) in [6.45, 7) is 9.37. The molecule has 2 aliphatic heterocycles. The maximum absolute atomic E-state index is 6.47. The Kier molecular flexibility index (Phi) is 4.68. The van der Waals surface area contributed by atoms with Gasteiger partial charge in [-0.25, -0.2) is 0 Å². The standard InChI is InChI=1S/C17H32N2O/c1-14(2)11-15-12-19(10-9-18-15)13-16-5-8-17(20-16)6-3-4-7-17/h14-16,18H,3-13H2,1-2H3. The van der Waals surface area contributed by atoms with Crippen molar-refractivity contribution >= 4 is 0 Å². The average Bonchev–Trinajstić information content (AvgIpc) is 3.00. The van der Waals surface area contributed by atoms with E-state index in [2.05, 4.69) is 24.1 Å². The third kappa shape index (κ3) is 3.55. The molecule has 2 heterocycles. The van der Waals surface area contributed by atoms with Crippen molar-refractivity contribution in [2.75, 3.05) is 26.2 Å². The highest BCUT2D eigenvalue weighted by Gasteiger charge is 2.42. The van der Waals surface area contributed by atoms with Crippen molar-refractivity contribution in [2.45, 2.75) is 76.5 Å². The molecule has 3 fully saturated rings. The molecule has 1 spiro atoms. The molecule has 1 saturated carbocycles. The molecule has 0 aromatic carbocycles. The number of nitrogens with one attached hydrogen (secondary N) is 1. The third-order valence-corrected chi connectivity index (χ3v) is 5.41. The lowest BCUT2D eigenvalue weighted by Gasteiger charge is -2.36. The quantitative estimate of drug-likeness (QED) is 0.857. The van der Waals surface area contributed by atoms with Crippen molar-refractivity contribution in [3.63, 3.8) is 0 Å². The fourth-order valence-electron chi connectivity index (χ4n) is 4.49. The molecular formula is C17H32N2O. The summed E-state index contributed by atoms with van der Waals surface area (Å²) in [6.07, 6.45) is 9.82. The zero-order chi connectivity index (χ0) is 14.0. The molecule has 3 rings (SSSR count). The molecule has 3 aliphatic rings. The van der Waals surface area contributed by atoms with E-state index in [1.54, 1.807) is 0 Å². The molecule has 0 aromatic rings. The van der Waals surface area contributed by atoms with Crippen LogP contribution in [0.15, 0.2) is 0 Å². The first kappa shape index (κ1) is 14.8. The van der Waals surface area contributed by atoms with Gasteiger partial charge < -0.3 is 10.1 Å². The molecule has 2 saturated heterocycles. The van der Waals surface area contributed by atoms with Gasteiger partial charge in [0.15, 0.2) is 0 Å². The smallest absolute Gasteiger partial charge is 0.0710 e. The van der Waals surface area contributed by atoms with Crippen LogP contribution in [-0.2, 0) is 4.74 Å². The minimum atomic E-state index is 0.302. The highest BCUT2D eigenvalue weighted by atomic mass is 16.5. The second-order valence-electron chi connectivity index (χ2n) is 7.71. The Bertz CT molecular complexity index is 312. The first-order valence-corrected chi connectivity index (χ1v) is 8.79. The van der Waals surface area contributed by atoms with E-state index in [0.717, 1.165) is 19.0 Å². The van der Waals surface area contributed by atoms with Gasteiger partial charge in [0.25, 0.3) is 0 Å². The predicted octanol–water partition coefficient (Wildman–Crippen LogP) is 2.80. The Morgan fingerprint density at radius 3 is 2.80 bits per heavy atom. The molecule has 3 heteroatoms. The van der Waals surface area contributed by atoms with Crippen LogP contribution >= 0.6 is 0 Å². The monoisotopic (exact) mass is 280 g/mol. The number of hydrogen-bond donors (Lipinski definition) is 1. The van der Waals surface area contributed by atoms with Crippen molar-refractivity contribution in [1.82, 2.24) is 10.2 Å². The lowest BCUT2D eigenvalue weighted by molar-refractivity contribution is -0.0495. The van der Waals surface area contributed by atoms with Crippen molar-refractivity contribution in [1.29, 1.82) is 0 Å². The zero-order valence-corrected chi connectivity index (χ0v) is 13.4.